The predicted octanol–water partition coefficient (Wildman–Crippen LogP) is 4.28. The lowest BCUT2D eigenvalue weighted by Crippen LogP contribution is -2.45. The van der Waals surface area contributed by atoms with Gasteiger partial charge in [0.05, 0.1) is 0 Å². The molecule has 0 unspecified atom stereocenters. The van der Waals surface area contributed by atoms with Gasteiger partial charge in [0.15, 0.2) is 11.0 Å². The molecule has 5 rings (SSSR count). The second kappa shape index (κ2) is 11.7. The van der Waals surface area contributed by atoms with E-state index >= 15 is 0 Å². The van der Waals surface area contributed by atoms with Crippen molar-refractivity contribution in [1.29, 1.82) is 0 Å². The molecular weight excluding hydrogens is 496 g/mol. The number of nitrogens with one attached hydrogen (secondary N) is 2. The highest BCUT2D eigenvalue weighted by molar-refractivity contribution is 7.14. The molecule has 2 aromatic carbocycles. The fraction of sp³-hybridized carbons (Fsp3) is 0.286. The standard InChI is InChI=1S/C28H32N8OS/c1-19-3-8-22(17-23(19)32-28-33-24(18-38-28)26-30-11-9-25(29)34-26)31-27(37)21-6-4-20(5-7-21)10-12-36-15-13-35(2)14-16-36/h3-9,11,17-18H,10,12-16H2,1-2H3,(H,31,37)(H,32,33)(H2,29,30,34). The predicted molar refractivity (Wildman–Crippen MR) is 154 cm³/mol. The Morgan fingerprint density at radius 1 is 1.05 bits per heavy atom. The van der Waals surface area contributed by atoms with E-state index in [-0.39, 0.29) is 5.91 Å². The van der Waals surface area contributed by atoms with Gasteiger partial charge in [0.25, 0.3) is 5.91 Å². The molecule has 0 aliphatic carbocycles. The molecule has 2 aromatic heterocycles. The largest absolute Gasteiger partial charge is 0.384 e. The van der Waals surface area contributed by atoms with Gasteiger partial charge in [0, 0.05) is 61.2 Å². The number of nitrogens with zero attached hydrogens (tertiary/aromatic N) is 5. The minimum atomic E-state index is -0.138. The molecule has 9 nitrogen and oxygen atoms in total. The molecule has 4 aromatic rings. The Morgan fingerprint density at radius 3 is 2.61 bits per heavy atom. The number of aryl methyl sites for hydroxylation is 1. The first-order valence-electron chi connectivity index (χ1n) is 12.7. The first kappa shape index (κ1) is 25.8. The zero-order valence-electron chi connectivity index (χ0n) is 21.6. The van der Waals surface area contributed by atoms with Crippen molar-refractivity contribution < 1.29 is 4.79 Å². The summed E-state index contributed by atoms with van der Waals surface area (Å²) < 4.78 is 0. The summed E-state index contributed by atoms with van der Waals surface area (Å²) in [5.74, 6) is 0.746. The average Bonchev–Trinajstić information content (AvgIpc) is 3.39. The zero-order chi connectivity index (χ0) is 26.5. The topological polar surface area (TPSA) is 112 Å². The van der Waals surface area contributed by atoms with Crippen LogP contribution < -0.4 is 16.4 Å². The summed E-state index contributed by atoms with van der Waals surface area (Å²) in [7, 11) is 2.17. The highest BCUT2D eigenvalue weighted by Gasteiger charge is 2.14. The number of benzene rings is 2. The maximum atomic E-state index is 12.9. The van der Waals surface area contributed by atoms with Gasteiger partial charge in [-0.15, -0.1) is 11.3 Å². The van der Waals surface area contributed by atoms with E-state index in [0.717, 1.165) is 50.4 Å². The molecule has 38 heavy (non-hydrogen) atoms. The molecule has 0 bridgehead atoms. The van der Waals surface area contributed by atoms with Crippen LogP contribution in [0.3, 0.4) is 0 Å². The Balaban J connectivity index is 1.19. The van der Waals surface area contributed by atoms with E-state index in [9.17, 15) is 4.79 Å². The third kappa shape index (κ3) is 6.52. The molecule has 1 aliphatic heterocycles. The molecule has 1 aliphatic rings. The van der Waals surface area contributed by atoms with Crippen molar-refractivity contribution in [3.8, 4) is 11.5 Å². The Morgan fingerprint density at radius 2 is 1.84 bits per heavy atom. The first-order valence-corrected chi connectivity index (χ1v) is 13.5. The van der Waals surface area contributed by atoms with Crippen molar-refractivity contribution in [2.24, 2.45) is 0 Å². The number of nitrogens with two attached hydrogens (primary N) is 1. The SMILES string of the molecule is Cc1ccc(NC(=O)c2ccc(CCN3CCN(C)CC3)cc2)cc1Nc1nc(-c2nccc(N)n2)cs1. The first-order chi connectivity index (χ1) is 18.4. The van der Waals surface area contributed by atoms with Gasteiger partial charge in [-0.1, -0.05) is 18.2 Å². The van der Waals surface area contributed by atoms with Gasteiger partial charge in [-0.2, -0.15) is 0 Å². The zero-order valence-corrected chi connectivity index (χ0v) is 22.5. The van der Waals surface area contributed by atoms with Crippen LogP contribution in [0.2, 0.25) is 0 Å². The Bertz CT molecular complexity index is 1400. The van der Waals surface area contributed by atoms with Gasteiger partial charge in [0.1, 0.15) is 11.5 Å². The molecule has 0 radical (unpaired) electrons. The van der Waals surface area contributed by atoms with E-state index in [0.29, 0.717) is 33.7 Å². The maximum Gasteiger partial charge on any atom is 0.255 e. The molecule has 1 saturated heterocycles. The van der Waals surface area contributed by atoms with E-state index in [2.05, 4.69) is 54.6 Å². The normalized spacial score (nSPS) is 14.4. The van der Waals surface area contributed by atoms with Crippen molar-refractivity contribution in [3.63, 3.8) is 0 Å². The fourth-order valence-electron chi connectivity index (χ4n) is 4.26. The summed E-state index contributed by atoms with van der Waals surface area (Å²) in [5, 5.41) is 8.94. The number of thiazole rings is 1. The number of aromatic nitrogens is 3. The Kier molecular flexibility index (Phi) is 7.92. The van der Waals surface area contributed by atoms with Crippen LogP contribution in [-0.4, -0.2) is 70.4 Å². The second-order valence-corrected chi connectivity index (χ2v) is 10.4. The van der Waals surface area contributed by atoms with Crippen LogP contribution in [0.5, 0.6) is 0 Å². The molecule has 0 atom stereocenters. The van der Waals surface area contributed by atoms with Crippen LogP contribution in [0.25, 0.3) is 11.5 Å². The molecular formula is C28H32N8OS. The van der Waals surface area contributed by atoms with Crippen LogP contribution in [-0.2, 0) is 6.42 Å². The average molecular weight is 529 g/mol. The number of likely N-dealkylation sites (N-methyl/N-ethyl adjacent to an activating group) is 1. The number of carbonyl (C=O) groups excluding carboxylic acids is 1. The summed E-state index contributed by atoms with van der Waals surface area (Å²) in [6, 6.07) is 15.3. The number of rotatable bonds is 8. The highest BCUT2D eigenvalue weighted by atomic mass is 32.1. The van der Waals surface area contributed by atoms with Gasteiger partial charge in [0.2, 0.25) is 0 Å². The number of anilines is 4. The van der Waals surface area contributed by atoms with E-state index in [1.54, 1.807) is 12.3 Å². The Hall–Kier alpha value is -3.86. The summed E-state index contributed by atoms with van der Waals surface area (Å²) in [6.07, 6.45) is 2.60. The number of carbonyl (C=O) groups is 1. The summed E-state index contributed by atoms with van der Waals surface area (Å²) in [6.45, 7) is 7.53. The molecule has 0 spiro atoms. The van der Waals surface area contributed by atoms with E-state index in [1.165, 1.54) is 16.9 Å². The van der Waals surface area contributed by atoms with Crippen molar-refractivity contribution in [3.05, 3.63) is 76.8 Å². The Labute approximate surface area is 226 Å². The molecule has 0 saturated carbocycles. The monoisotopic (exact) mass is 528 g/mol. The lowest BCUT2D eigenvalue weighted by Gasteiger charge is -2.32. The summed E-state index contributed by atoms with van der Waals surface area (Å²) in [4.78, 5) is 30.8. The minimum Gasteiger partial charge on any atom is -0.384 e. The molecule has 3 heterocycles. The van der Waals surface area contributed by atoms with Gasteiger partial charge < -0.3 is 26.2 Å². The van der Waals surface area contributed by atoms with Crippen LogP contribution in [0.1, 0.15) is 21.5 Å². The van der Waals surface area contributed by atoms with Crippen LogP contribution in [0.4, 0.5) is 22.3 Å². The quantitative estimate of drug-likeness (QED) is 0.311. The summed E-state index contributed by atoms with van der Waals surface area (Å²) >= 11 is 1.45. The van der Waals surface area contributed by atoms with Crippen LogP contribution in [0.15, 0.2) is 60.1 Å². The van der Waals surface area contributed by atoms with E-state index in [1.807, 2.05) is 42.6 Å². The van der Waals surface area contributed by atoms with Crippen LogP contribution >= 0.6 is 11.3 Å². The number of amides is 1. The fourth-order valence-corrected chi connectivity index (χ4v) is 4.97. The smallest absolute Gasteiger partial charge is 0.255 e. The van der Waals surface area contributed by atoms with Gasteiger partial charge in [-0.3, -0.25) is 4.79 Å². The summed E-state index contributed by atoms with van der Waals surface area (Å²) in [5.41, 5.74) is 10.9. The third-order valence-corrected chi connectivity index (χ3v) is 7.43. The molecule has 1 fully saturated rings. The minimum absolute atomic E-state index is 0.138. The van der Waals surface area contributed by atoms with E-state index in [4.69, 9.17) is 5.73 Å². The van der Waals surface area contributed by atoms with Crippen molar-refractivity contribution in [2.75, 3.05) is 56.1 Å². The van der Waals surface area contributed by atoms with Crippen molar-refractivity contribution in [1.82, 2.24) is 24.8 Å². The molecule has 1 amide bonds. The van der Waals surface area contributed by atoms with Crippen molar-refractivity contribution in [2.45, 2.75) is 13.3 Å². The molecule has 4 N–H and O–H groups in total. The second-order valence-electron chi connectivity index (χ2n) is 9.54. The molecule has 10 heteroatoms. The van der Waals surface area contributed by atoms with Gasteiger partial charge in [-0.25, -0.2) is 15.0 Å². The highest BCUT2D eigenvalue weighted by Crippen LogP contribution is 2.29. The van der Waals surface area contributed by atoms with Gasteiger partial charge in [-0.05, 0) is 61.9 Å². The molecule has 196 valence electrons. The van der Waals surface area contributed by atoms with Crippen molar-refractivity contribution >= 4 is 39.6 Å². The lowest BCUT2D eigenvalue weighted by molar-refractivity contribution is 0.102. The lowest BCUT2D eigenvalue weighted by atomic mass is 10.1. The number of hydrogen-bond donors (Lipinski definition) is 3. The van der Waals surface area contributed by atoms with Gasteiger partial charge >= 0.3 is 0 Å². The number of nitrogen functional groups attached to an aromatic ring is 1. The van der Waals surface area contributed by atoms with Crippen LogP contribution in [0, 0.1) is 6.92 Å². The maximum absolute atomic E-state index is 12.9. The number of hydrogen-bond acceptors (Lipinski definition) is 9. The van der Waals surface area contributed by atoms with E-state index < -0.39 is 0 Å². The third-order valence-electron chi connectivity index (χ3n) is 6.68. The number of piperazine rings is 1.